The van der Waals surface area contributed by atoms with Crippen LogP contribution in [-0.2, 0) is 0 Å². The van der Waals surface area contributed by atoms with Gasteiger partial charge in [-0.15, -0.1) is 0 Å². The third kappa shape index (κ3) is 1.62. The quantitative estimate of drug-likeness (QED) is 0.713. The average Bonchev–Trinajstić information content (AvgIpc) is 2.65. The van der Waals surface area contributed by atoms with E-state index in [1.807, 2.05) is 0 Å². The third-order valence-electron chi connectivity index (χ3n) is 4.19. The van der Waals surface area contributed by atoms with E-state index in [2.05, 4.69) is 19.0 Å². The average molecular weight is 182 g/mol. The van der Waals surface area contributed by atoms with Gasteiger partial charge in [0.25, 0.3) is 0 Å². The molecule has 0 radical (unpaired) electrons. The zero-order chi connectivity index (χ0) is 9.42. The molecule has 2 aliphatic carbocycles. The van der Waals surface area contributed by atoms with Crippen molar-refractivity contribution < 1.29 is 0 Å². The molecule has 2 nitrogen and oxygen atoms in total. The fraction of sp³-hybridized carbons (Fsp3) is 1.00. The van der Waals surface area contributed by atoms with Gasteiger partial charge in [-0.3, -0.25) is 0 Å². The van der Waals surface area contributed by atoms with Gasteiger partial charge in [-0.1, -0.05) is 6.42 Å². The Morgan fingerprint density at radius 3 is 2.46 bits per heavy atom. The maximum atomic E-state index is 5.84. The molecule has 2 saturated carbocycles. The van der Waals surface area contributed by atoms with E-state index in [0.717, 1.165) is 24.3 Å². The van der Waals surface area contributed by atoms with Crippen LogP contribution in [0.4, 0.5) is 0 Å². The summed E-state index contributed by atoms with van der Waals surface area (Å²) < 4.78 is 0. The number of likely N-dealkylation sites (N-methyl/N-ethyl adjacent to an activating group) is 1. The molecule has 2 bridgehead atoms. The highest BCUT2D eigenvalue weighted by Gasteiger charge is 2.43. The molecule has 2 aliphatic rings. The monoisotopic (exact) mass is 182 g/mol. The molecule has 0 aromatic carbocycles. The molecule has 0 aromatic rings. The van der Waals surface area contributed by atoms with Crippen molar-refractivity contribution in [1.82, 2.24) is 4.90 Å². The fourth-order valence-corrected chi connectivity index (χ4v) is 3.53. The maximum absolute atomic E-state index is 5.84. The van der Waals surface area contributed by atoms with Crippen LogP contribution in [0.3, 0.4) is 0 Å². The second-order valence-corrected chi connectivity index (χ2v) is 5.11. The van der Waals surface area contributed by atoms with Gasteiger partial charge in [0.15, 0.2) is 0 Å². The van der Waals surface area contributed by atoms with E-state index in [9.17, 15) is 0 Å². The van der Waals surface area contributed by atoms with Gasteiger partial charge in [-0.2, -0.15) is 0 Å². The van der Waals surface area contributed by atoms with Crippen LogP contribution >= 0.6 is 0 Å². The Kier molecular flexibility index (Phi) is 2.61. The lowest BCUT2D eigenvalue weighted by atomic mass is 9.83. The highest BCUT2D eigenvalue weighted by atomic mass is 15.1. The normalized spacial score (nSPS) is 40.2. The fourth-order valence-electron chi connectivity index (χ4n) is 3.53. The highest BCUT2D eigenvalue weighted by Crippen LogP contribution is 2.49. The molecule has 2 N–H and O–H groups in total. The van der Waals surface area contributed by atoms with Crippen molar-refractivity contribution in [2.24, 2.45) is 23.5 Å². The van der Waals surface area contributed by atoms with Crippen LogP contribution in [0.2, 0.25) is 0 Å². The minimum atomic E-state index is 0.635. The summed E-state index contributed by atoms with van der Waals surface area (Å²) in [6.45, 7) is 0.834. The Hall–Kier alpha value is -0.0800. The van der Waals surface area contributed by atoms with Crippen LogP contribution in [0, 0.1) is 17.8 Å². The van der Waals surface area contributed by atoms with Gasteiger partial charge in [-0.25, -0.2) is 0 Å². The summed E-state index contributed by atoms with van der Waals surface area (Å²) in [7, 11) is 4.34. The summed E-state index contributed by atoms with van der Waals surface area (Å²) in [6.07, 6.45) is 5.91. The molecule has 4 unspecified atom stereocenters. The van der Waals surface area contributed by atoms with Crippen LogP contribution < -0.4 is 5.73 Å². The number of hydrogen-bond donors (Lipinski definition) is 1. The van der Waals surface area contributed by atoms with Crippen molar-refractivity contribution in [1.29, 1.82) is 0 Å². The van der Waals surface area contributed by atoms with Crippen molar-refractivity contribution in [3.63, 3.8) is 0 Å². The van der Waals surface area contributed by atoms with E-state index in [1.54, 1.807) is 0 Å². The molecule has 0 heterocycles. The largest absolute Gasteiger partial charge is 0.329 e. The van der Waals surface area contributed by atoms with Gasteiger partial charge in [0.05, 0.1) is 0 Å². The van der Waals surface area contributed by atoms with Crippen LogP contribution in [-0.4, -0.2) is 31.6 Å². The summed E-state index contributed by atoms with van der Waals surface area (Å²) in [4.78, 5) is 2.32. The van der Waals surface area contributed by atoms with E-state index < -0.39 is 0 Å². The minimum absolute atomic E-state index is 0.635. The lowest BCUT2D eigenvalue weighted by molar-refractivity contribution is 0.162. The molecule has 2 fully saturated rings. The summed E-state index contributed by atoms with van der Waals surface area (Å²) in [5.74, 6) is 2.95. The molecule has 0 aromatic heterocycles. The molecule has 0 spiro atoms. The first kappa shape index (κ1) is 9.47. The van der Waals surface area contributed by atoms with E-state index in [1.165, 1.54) is 25.7 Å². The molecule has 2 heteroatoms. The van der Waals surface area contributed by atoms with Crippen LogP contribution in [0.5, 0.6) is 0 Å². The van der Waals surface area contributed by atoms with Crippen LogP contribution in [0.1, 0.15) is 25.7 Å². The van der Waals surface area contributed by atoms with Gasteiger partial charge in [0.2, 0.25) is 0 Å². The SMILES string of the molecule is CN(C)C(CN)C1CC2CCC1C2. The lowest BCUT2D eigenvalue weighted by Gasteiger charge is -2.34. The molecule has 76 valence electrons. The molecule has 0 saturated heterocycles. The number of nitrogens with zero attached hydrogens (tertiary/aromatic N) is 1. The number of hydrogen-bond acceptors (Lipinski definition) is 2. The summed E-state index contributed by atoms with van der Waals surface area (Å²) >= 11 is 0. The van der Waals surface area contributed by atoms with Crippen molar-refractivity contribution in [3.05, 3.63) is 0 Å². The second kappa shape index (κ2) is 3.58. The van der Waals surface area contributed by atoms with Crippen molar-refractivity contribution >= 4 is 0 Å². The van der Waals surface area contributed by atoms with Crippen molar-refractivity contribution in [3.8, 4) is 0 Å². The van der Waals surface area contributed by atoms with Gasteiger partial charge in [-0.05, 0) is 51.1 Å². The van der Waals surface area contributed by atoms with E-state index >= 15 is 0 Å². The first-order valence-electron chi connectivity index (χ1n) is 5.59. The number of fused-ring (bicyclic) bond motifs is 2. The van der Waals surface area contributed by atoms with Gasteiger partial charge < -0.3 is 10.6 Å². The molecule has 0 amide bonds. The topological polar surface area (TPSA) is 29.3 Å². The van der Waals surface area contributed by atoms with Gasteiger partial charge >= 0.3 is 0 Å². The standard InChI is InChI=1S/C11H22N2/c1-13(2)11(7-12)10-6-8-3-4-9(10)5-8/h8-11H,3-7,12H2,1-2H3. The summed E-state index contributed by atoms with van der Waals surface area (Å²) in [5.41, 5.74) is 5.84. The lowest BCUT2D eigenvalue weighted by Crippen LogP contribution is -2.43. The molecular weight excluding hydrogens is 160 g/mol. The molecule has 0 aliphatic heterocycles. The Labute approximate surface area is 81.5 Å². The first-order valence-corrected chi connectivity index (χ1v) is 5.59. The van der Waals surface area contributed by atoms with Gasteiger partial charge in [0, 0.05) is 12.6 Å². The van der Waals surface area contributed by atoms with E-state index in [4.69, 9.17) is 5.73 Å². The molecular formula is C11H22N2. The predicted molar refractivity (Wildman–Crippen MR) is 55.5 cm³/mol. The number of nitrogens with two attached hydrogens (primary N) is 1. The second-order valence-electron chi connectivity index (χ2n) is 5.11. The van der Waals surface area contributed by atoms with Gasteiger partial charge in [0.1, 0.15) is 0 Å². The summed E-state index contributed by atoms with van der Waals surface area (Å²) in [6, 6.07) is 0.635. The molecule has 2 rings (SSSR count). The van der Waals surface area contributed by atoms with Crippen molar-refractivity contribution in [2.45, 2.75) is 31.7 Å². The number of rotatable bonds is 3. The van der Waals surface area contributed by atoms with Crippen molar-refractivity contribution in [2.75, 3.05) is 20.6 Å². The summed E-state index contributed by atoms with van der Waals surface area (Å²) in [5, 5.41) is 0. The molecule has 13 heavy (non-hydrogen) atoms. The smallest absolute Gasteiger partial charge is 0.0243 e. The highest BCUT2D eigenvalue weighted by molar-refractivity contribution is 4.95. The van der Waals surface area contributed by atoms with Crippen LogP contribution in [0.15, 0.2) is 0 Å². The predicted octanol–water partition coefficient (Wildman–Crippen LogP) is 1.31. The third-order valence-corrected chi connectivity index (χ3v) is 4.19. The Morgan fingerprint density at radius 1 is 1.31 bits per heavy atom. The van der Waals surface area contributed by atoms with E-state index in [-0.39, 0.29) is 0 Å². The Balaban J connectivity index is 2.00. The van der Waals surface area contributed by atoms with E-state index in [0.29, 0.717) is 6.04 Å². The Morgan fingerprint density at radius 2 is 2.08 bits per heavy atom. The minimum Gasteiger partial charge on any atom is -0.329 e. The zero-order valence-electron chi connectivity index (χ0n) is 8.87. The first-order chi connectivity index (χ1) is 6.22. The molecule has 4 atom stereocenters. The van der Waals surface area contributed by atoms with Crippen LogP contribution in [0.25, 0.3) is 0 Å². The maximum Gasteiger partial charge on any atom is 0.0243 e. The zero-order valence-corrected chi connectivity index (χ0v) is 8.87. The Bertz CT molecular complexity index is 179.